The molecule has 0 aliphatic rings. The van der Waals surface area contributed by atoms with E-state index in [9.17, 15) is 14.7 Å². The molecule has 156 valence electrons. The molecule has 3 N–H and O–H groups in total. The van der Waals surface area contributed by atoms with Crippen molar-refractivity contribution in [3.05, 3.63) is 57.6 Å². The van der Waals surface area contributed by atoms with Gasteiger partial charge in [0.25, 0.3) is 5.56 Å². The van der Waals surface area contributed by atoms with Crippen LogP contribution in [0.3, 0.4) is 0 Å². The van der Waals surface area contributed by atoms with E-state index < -0.39 is 11.5 Å². The first-order valence-corrected chi connectivity index (χ1v) is 9.46. The van der Waals surface area contributed by atoms with Crippen LogP contribution in [0.25, 0.3) is 11.3 Å². The molecule has 3 aromatic rings. The van der Waals surface area contributed by atoms with E-state index in [1.807, 2.05) is 32.0 Å². The van der Waals surface area contributed by atoms with E-state index in [1.54, 1.807) is 6.92 Å². The number of aryl methyl sites for hydroxylation is 4. The fourth-order valence-electron chi connectivity index (χ4n) is 3.21. The minimum atomic E-state index is -0.918. The molecule has 0 radical (unpaired) electrons. The first kappa shape index (κ1) is 21.0. The van der Waals surface area contributed by atoms with Crippen LogP contribution in [0.5, 0.6) is 5.75 Å². The summed E-state index contributed by atoms with van der Waals surface area (Å²) < 4.78 is 1.31. The predicted octanol–water partition coefficient (Wildman–Crippen LogP) is 4.15. The molecule has 0 unspecified atom stereocenters. The Bertz CT molecular complexity index is 1160. The first-order chi connectivity index (χ1) is 14.3. The highest BCUT2D eigenvalue weighted by Gasteiger charge is 2.14. The lowest BCUT2D eigenvalue weighted by Gasteiger charge is -2.07. The number of aromatic hydroxyl groups is 1. The Morgan fingerprint density at radius 2 is 1.87 bits per heavy atom. The van der Waals surface area contributed by atoms with Gasteiger partial charge in [-0.3, -0.25) is 24.4 Å². The Labute approximate surface area is 172 Å². The third kappa shape index (κ3) is 4.62. The van der Waals surface area contributed by atoms with Gasteiger partial charge < -0.3 is 10.2 Å². The van der Waals surface area contributed by atoms with E-state index in [-0.39, 0.29) is 30.1 Å². The average Bonchev–Trinajstić information content (AvgIpc) is 2.93. The Hall–Kier alpha value is -3.75. The van der Waals surface area contributed by atoms with E-state index in [4.69, 9.17) is 5.11 Å². The number of aliphatic carboxylic acids is 1. The molecule has 30 heavy (non-hydrogen) atoms. The van der Waals surface area contributed by atoms with Gasteiger partial charge >= 0.3 is 5.97 Å². The second-order valence-corrected chi connectivity index (χ2v) is 7.14. The summed E-state index contributed by atoms with van der Waals surface area (Å²) in [4.78, 5) is 27.4. The molecule has 9 nitrogen and oxygen atoms in total. The number of nitrogens with one attached hydrogen (secondary N) is 1. The van der Waals surface area contributed by atoms with E-state index in [0.29, 0.717) is 17.8 Å². The minimum Gasteiger partial charge on any atom is -0.504 e. The van der Waals surface area contributed by atoms with Crippen LogP contribution in [0.1, 0.15) is 29.7 Å². The highest BCUT2D eigenvalue weighted by Crippen LogP contribution is 2.36. The minimum absolute atomic E-state index is 0.0343. The lowest BCUT2D eigenvalue weighted by molar-refractivity contribution is -0.137. The van der Waals surface area contributed by atoms with Gasteiger partial charge in [0, 0.05) is 24.7 Å². The van der Waals surface area contributed by atoms with Crippen LogP contribution in [-0.4, -0.2) is 30.9 Å². The van der Waals surface area contributed by atoms with Gasteiger partial charge in [0.2, 0.25) is 0 Å². The monoisotopic (exact) mass is 409 g/mol. The Balaban J connectivity index is 1.89. The van der Waals surface area contributed by atoms with Gasteiger partial charge in [-0.25, -0.2) is 0 Å². The lowest BCUT2D eigenvalue weighted by atomic mass is 10.0. The number of hydrogen-bond acceptors (Lipinski definition) is 6. The maximum atomic E-state index is 12.5. The molecule has 0 bridgehead atoms. The fraction of sp³-hybridized carbons (Fsp3) is 0.286. The second kappa shape index (κ2) is 8.73. The van der Waals surface area contributed by atoms with Crippen molar-refractivity contribution >= 4 is 17.3 Å². The number of carboxylic acid groups (broad SMARTS) is 1. The van der Waals surface area contributed by atoms with Crippen molar-refractivity contribution in [2.24, 2.45) is 10.2 Å². The SMILES string of the molecule is Cc1cc(C)cc(-c2nccc(N=Nc3c(C)[nH]n(CCCC(=O)O)c3=O)c2O)c1. The zero-order valence-corrected chi connectivity index (χ0v) is 17.0. The average molecular weight is 409 g/mol. The maximum absolute atomic E-state index is 12.5. The number of aromatic amines is 1. The van der Waals surface area contributed by atoms with Crippen LogP contribution >= 0.6 is 0 Å². The molecule has 0 spiro atoms. The molecular weight excluding hydrogens is 386 g/mol. The number of benzene rings is 1. The Morgan fingerprint density at radius 3 is 2.53 bits per heavy atom. The van der Waals surface area contributed by atoms with Crippen LogP contribution in [-0.2, 0) is 11.3 Å². The highest BCUT2D eigenvalue weighted by molar-refractivity contribution is 5.73. The summed E-state index contributed by atoms with van der Waals surface area (Å²) in [5.41, 5.74) is 3.64. The van der Waals surface area contributed by atoms with Crippen molar-refractivity contribution in [1.29, 1.82) is 0 Å². The summed E-state index contributed by atoms with van der Waals surface area (Å²) >= 11 is 0. The summed E-state index contributed by atoms with van der Waals surface area (Å²) in [6.45, 7) is 5.84. The zero-order chi connectivity index (χ0) is 21.8. The number of nitrogens with zero attached hydrogens (tertiary/aromatic N) is 4. The summed E-state index contributed by atoms with van der Waals surface area (Å²) in [5, 5.41) is 30.3. The third-order valence-corrected chi connectivity index (χ3v) is 4.53. The number of rotatable bonds is 7. The fourth-order valence-corrected chi connectivity index (χ4v) is 3.21. The number of pyridine rings is 1. The van der Waals surface area contributed by atoms with Gasteiger partial charge in [0.15, 0.2) is 11.4 Å². The van der Waals surface area contributed by atoms with E-state index >= 15 is 0 Å². The zero-order valence-electron chi connectivity index (χ0n) is 17.0. The molecule has 2 aromatic heterocycles. The summed E-state index contributed by atoms with van der Waals surface area (Å²) in [7, 11) is 0. The first-order valence-electron chi connectivity index (χ1n) is 9.46. The van der Waals surface area contributed by atoms with E-state index in [2.05, 4.69) is 20.3 Å². The highest BCUT2D eigenvalue weighted by atomic mass is 16.4. The van der Waals surface area contributed by atoms with Crippen molar-refractivity contribution in [2.45, 2.75) is 40.2 Å². The molecule has 2 heterocycles. The van der Waals surface area contributed by atoms with Crippen LogP contribution < -0.4 is 5.56 Å². The molecule has 1 aromatic carbocycles. The molecule has 9 heteroatoms. The largest absolute Gasteiger partial charge is 0.504 e. The number of carboxylic acids is 1. The van der Waals surface area contributed by atoms with Crippen LogP contribution in [0, 0.1) is 20.8 Å². The molecule has 0 fully saturated rings. The summed E-state index contributed by atoms with van der Waals surface area (Å²) in [6.07, 6.45) is 1.80. The van der Waals surface area contributed by atoms with Crippen molar-refractivity contribution in [2.75, 3.05) is 0 Å². The van der Waals surface area contributed by atoms with Gasteiger partial charge in [0.05, 0.1) is 5.69 Å². The molecule has 3 rings (SSSR count). The molecule has 0 aliphatic carbocycles. The Kier molecular flexibility index (Phi) is 6.10. The number of azo groups is 1. The maximum Gasteiger partial charge on any atom is 0.303 e. The predicted molar refractivity (Wildman–Crippen MR) is 112 cm³/mol. The van der Waals surface area contributed by atoms with Crippen LogP contribution in [0.15, 0.2) is 45.5 Å². The Morgan fingerprint density at radius 1 is 1.17 bits per heavy atom. The molecule has 0 saturated carbocycles. The lowest BCUT2D eigenvalue weighted by Crippen LogP contribution is -2.17. The van der Waals surface area contributed by atoms with Crippen molar-refractivity contribution in [3.8, 4) is 17.0 Å². The molecule has 0 amide bonds. The number of H-pyrrole nitrogens is 1. The molecule has 0 saturated heterocycles. The summed E-state index contributed by atoms with van der Waals surface area (Å²) in [5.74, 6) is -1.04. The molecule has 0 aliphatic heterocycles. The van der Waals surface area contributed by atoms with Crippen LogP contribution in [0.4, 0.5) is 11.4 Å². The van der Waals surface area contributed by atoms with Crippen molar-refractivity contribution < 1.29 is 15.0 Å². The quantitative estimate of drug-likeness (QED) is 0.504. The number of hydrogen-bond donors (Lipinski definition) is 3. The van der Waals surface area contributed by atoms with Gasteiger partial charge in [-0.2, -0.15) is 0 Å². The smallest absolute Gasteiger partial charge is 0.303 e. The third-order valence-electron chi connectivity index (χ3n) is 4.53. The van der Waals surface area contributed by atoms with Gasteiger partial charge in [-0.1, -0.05) is 17.2 Å². The van der Waals surface area contributed by atoms with E-state index in [1.165, 1.54) is 16.9 Å². The topological polar surface area (TPSA) is 133 Å². The van der Waals surface area contributed by atoms with E-state index in [0.717, 1.165) is 16.7 Å². The van der Waals surface area contributed by atoms with Crippen molar-refractivity contribution in [3.63, 3.8) is 0 Å². The summed E-state index contributed by atoms with van der Waals surface area (Å²) in [6, 6.07) is 7.38. The van der Waals surface area contributed by atoms with Gasteiger partial charge in [0.1, 0.15) is 11.4 Å². The number of carbonyl (C=O) groups is 1. The van der Waals surface area contributed by atoms with Crippen LogP contribution in [0.2, 0.25) is 0 Å². The second-order valence-electron chi connectivity index (χ2n) is 7.14. The normalized spacial score (nSPS) is 11.3. The van der Waals surface area contributed by atoms with Gasteiger partial charge in [-0.15, -0.1) is 10.2 Å². The standard InChI is InChI=1S/C21H23N5O4/c1-12-9-13(2)11-15(10-12)19-20(29)16(6-7-22-19)23-24-18-14(3)25-26(21(18)30)8-4-5-17(27)28/h6-7,9-11,25,29H,4-5,8H2,1-3H3,(H,27,28). The molecular formula is C21H23N5O4. The number of aromatic nitrogens is 3. The van der Waals surface area contributed by atoms with Crippen molar-refractivity contribution in [1.82, 2.24) is 14.8 Å². The van der Waals surface area contributed by atoms with Gasteiger partial charge in [-0.05, 0) is 45.4 Å². The molecule has 0 atom stereocenters.